The first-order valence-corrected chi connectivity index (χ1v) is 9.40. The summed E-state index contributed by atoms with van der Waals surface area (Å²) < 4.78 is 21.0. The Kier molecular flexibility index (Phi) is 5.34. The molecule has 0 atom stereocenters. The summed E-state index contributed by atoms with van der Waals surface area (Å²) in [5, 5.41) is 8.36. The number of ether oxygens (including phenoxy) is 1. The van der Waals surface area contributed by atoms with Gasteiger partial charge in [0.05, 0.1) is 36.9 Å². The van der Waals surface area contributed by atoms with Crippen molar-refractivity contribution in [3.8, 4) is 28.4 Å². The summed E-state index contributed by atoms with van der Waals surface area (Å²) in [6, 6.07) is 12.2. The highest BCUT2D eigenvalue weighted by Crippen LogP contribution is 2.32. The van der Waals surface area contributed by atoms with Gasteiger partial charge in [-0.2, -0.15) is 0 Å². The maximum absolute atomic E-state index is 14.1. The third-order valence-electron chi connectivity index (χ3n) is 4.54. The second-order valence-electron chi connectivity index (χ2n) is 6.59. The van der Waals surface area contributed by atoms with Gasteiger partial charge in [-0.1, -0.05) is 24.3 Å². The van der Waals surface area contributed by atoms with Gasteiger partial charge in [-0.3, -0.25) is 4.98 Å². The van der Waals surface area contributed by atoms with Gasteiger partial charge in [-0.25, -0.2) is 19.0 Å². The number of aryl methyl sites for hydroxylation is 1. The lowest BCUT2D eigenvalue weighted by Crippen LogP contribution is -2.03. The molecule has 152 valence electrons. The van der Waals surface area contributed by atoms with Crippen molar-refractivity contribution < 1.29 is 9.13 Å². The van der Waals surface area contributed by atoms with Gasteiger partial charge >= 0.3 is 0 Å². The molecule has 3 aromatic heterocycles. The van der Waals surface area contributed by atoms with Crippen molar-refractivity contribution in [2.24, 2.45) is 0 Å². The number of nitrogens with zero attached hydrogens (tertiary/aromatic N) is 6. The molecule has 0 aliphatic rings. The molecule has 0 saturated carbocycles. The van der Waals surface area contributed by atoms with Gasteiger partial charge in [-0.15, -0.1) is 5.10 Å². The minimum Gasteiger partial charge on any atom is -0.493 e. The van der Waals surface area contributed by atoms with Crippen molar-refractivity contribution in [1.29, 1.82) is 0 Å². The Bertz CT molecular complexity index is 1190. The van der Waals surface area contributed by atoms with E-state index in [1.165, 1.54) is 13.2 Å². The standard InChI is InChI=1S/C21H20FN7O/c1-3-13-6-4-7-14(24-13)11-29-12-19(27-28-29)18-10-17(25-21(23)26-18)15-8-5-9-16(22)20(15)30-2/h4-10,12H,3,11H2,1-2H3,(H2,23,25,26). The predicted octanol–water partition coefficient (Wildman–Crippen LogP) is 3.14. The summed E-state index contributed by atoms with van der Waals surface area (Å²) in [7, 11) is 1.40. The summed E-state index contributed by atoms with van der Waals surface area (Å²) in [4.78, 5) is 13.1. The number of pyridine rings is 1. The van der Waals surface area contributed by atoms with E-state index < -0.39 is 5.82 Å². The Labute approximate surface area is 172 Å². The fraction of sp³-hybridized carbons (Fsp3) is 0.190. The number of methoxy groups -OCH3 is 1. The van der Waals surface area contributed by atoms with Crippen LogP contribution in [0.15, 0.2) is 48.7 Å². The monoisotopic (exact) mass is 405 g/mol. The van der Waals surface area contributed by atoms with Gasteiger partial charge in [0.1, 0.15) is 5.69 Å². The first-order chi connectivity index (χ1) is 14.6. The Morgan fingerprint density at radius 1 is 1.00 bits per heavy atom. The number of para-hydroxylation sites is 1. The molecule has 3 heterocycles. The topological polar surface area (TPSA) is 105 Å². The molecular weight excluding hydrogens is 385 g/mol. The number of hydrogen-bond acceptors (Lipinski definition) is 7. The molecule has 9 heteroatoms. The number of nitrogens with two attached hydrogens (primary N) is 1. The molecule has 4 rings (SSSR count). The first-order valence-electron chi connectivity index (χ1n) is 9.40. The van der Waals surface area contributed by atoms with Crippen LogP contribution in [0.5, 0.6) is 5.75 Å². The van der Waals surface area contributed by atoms with Gasteiger partial charge in [0.15, 0.2) is 11.6 Å². The number of benzene rings is 1. The van der Waals surface area contributed by atoms with Crippen LogP contribution in [-0.2, 0) is 13.0 Å². The minimum absolute atomic E-state index is 0.0423. The van der Waals surface area contributed by atoms with Gasteiger partial charge in [-0.05, 0) is 36.8 Å². The SMILES string of the molecule is CCc1cccc(Cn2cc(-c3cc(-c4cccc(F)c4OC)nc(N)n3)nn2)n1. The summed E-state index contributed by atoms with van der Waals surface area (Å²) in [6.45, 7) is 2.54. The van der Waals surface area contributed by atoms with E-state index in [-0.39, 0.29) is 11.7 Å². The zero-order valence-electron chi connectivity index (χ0n) is 16.6. The van der Waals surface area contributed by atoms with Crippen LogP contribution in [0.25, 0.3) is 22.6 Å². The van der Waals surface area contributed by atoms with E-state index in [2.05, 4.69) is 32.2 Å². The summed E-state index contributed by atoms with van der Waals surface area (Å²) in [5.74, 6) is -0.353. The van der Waals surface area contributed by atoms with E-state index in [0.29, 0.717) is 29.2 Å². The number of rotatable bonds is 6. The van der Waals surface area contributed by atoms with Crippen LogP contribution in [0.3, 0.4) is 0 Å². The van der Waals surface area contributed by atoms with Crippen molar-refractivity contribution in [2.45, 2.75) is 19.9 Å². The molecule has 0 amide bonds. The molecule has 0 radical (unpaired) electrons. The molecule has 0 unspecified atom stereocenters. The first kappa shape index (κ1) is 19.4. The molecular formula is C21H20FN7O. The zero-order valence-corrected chi connectivity index (χ0v) is 16.6. The Hall–Kier alpha value is -3.88. The van der Waals surface area contributed by atoms with Gasteiger partial charge in [0.25, 0.3) is 0 Å². The summed E-state index contributed by atoms with van der Waals surface area (Å²) in [6.07, 6.45) is 2.62. The van der Waals surface area contributed by atoms with Crippen LogP contribution < -0.4 is 10.5 Å². The molecule has 30 heavy (non-hydrogen) atoms. The van der Waals surface area contributed by atoms with E-state index in [1.807, 2.05) is 18.2 Å². The lowest BCUT2D eigenvalue weighted by Gasteiger charge is -2.10. The quantitative estimate of drug-likeness (QED) is 0.525. The van der Waals surface area contributed by atoms with E-state index in [9.17, 15) is 4.39 Å². The highest BCUT2D eigenvalue weighted by atomic mass is 19.1. The second kappa shape index (κ2) is 8.24. The molecule has 0 aliphatic heterocycles. The van der Waals surface area contributed by atoms with Crippen molar-refractivity contribution >= 4 is 5.95 Å². The fourth-order valence-corrected chi connectivity index (χ4v) is 3.13. The number of halogens is 1. The lowest BCUT2D eigenvalue weighted by atomic mass is 10.1. The molecule has 2 N–H and O–H groups in total. The fourth-order valence-electron chi connectivity index (χ4n) is 3.13. The van der Waals surface area contributed by atoms with E-state index in [1.54, 1.807) is 29.1 Å². The largest absolute Gasteiger partial charge is 0.493 e. The van der Waals surface area contributed by atoms with E-state index in [0.717, 1.165) is 17.8 Å². The van der Waals surface area contributed by atoms with Crippen LogP contribution in [0, 0.1) is 5.82 Å². The van der Waals surface area contributed by atoms with Gasteiger partial charge in [0.2, 0.25) is 5.95 Å². The normalized spacial score (nSPS) is 10.9. The Morgan fingerprint density at radius 3 is 2.57 bits per heavy atom. The number of aromatic nitrogens is 6. The molecule has 0 spiro atoms. The Balaban J connectivity index is 1.67. The zero-order chi connectivity index (χ0) is 21.1. The van der Waals surface area contributed by atoms with Crippen molar-refractivity contribution in [2.75, 3.05) is 12.8 Å². The third kappa shape index (κ3) is 3.95. The predicted molar refractivity (Wildman–Crippen MR) is 110 cm³/mol. The number of anilines is 1. The molecule has 0 bridgehead atoms. The third-order valence-corrected chi connectivity index (χ3v) is 4.54. The van der Waals surface area contributed by atoms with Crippen LogP contribution in [0.2, 0.25) is 0 Å². The van der Waals surface area contributed by atoms with Crippen LogP contribution in [-0.4, -0.2) is 37.1 Å². The smallest absolute Gasteiger partial charge is 0.221 e. The van der Waals surface area contributed by atoms with E-state index in [4.69, 9.17) is 10.5 Å². The second-order valence-corrected chi connectivity index (χ2v) is 6.59. The lowest BCUT2D eigenvalue weighted by molar-refractivity contribution is 0.388. The minimum atomic E-state index is -0.485. The van der Waals surface area contributed by atoms with Crippen LogP contribution in [0.4, 0.5) is 10.3 Å². The maximum atomic E-state index is 14.1. The van der Waals surface area contributed by atoms with Crippen molar-refractivity contribution in [1.82, 2.24) is 29.9 Å². The van der Waals surface area contributed by atoms with Gasteiger partial charge < -0.3 is 10.5 Å². The van der Waals surface area contributed by atoms with Crippen LogP contribution >= 0.6 is 0 Å². The Morgan fingerprint density at radius 2 is 1.77 bits per heavy atom. The maximum Gasteiger partial charge on any atom is 0.221 e. The molecule has 4 aromatic rings. The number of nitrogen functional groups attached to an aromatic ring is 1. The highest BCUT2D eigenvalue weighted by molar-refractivity contribution is 5.72. The summed E-state index contributed by atoms with van der Waals surface area (Å²) in [5.41, 5.74) is 9.71. The van der Waals surface area contributed by atoms with Gasteiger partial charge in [0, 0.05) is 11.3 Å². The molecule has 0 fully saturated rings. The van der Waals surface area contributed by atoms with Crippen LogP contribution in [0.1, 0.15) is 18.3 Å². The average molecular weight is 405 g/mol. The molecule has 8 nitrogen and oxygen atoms in total. The molecule has 0 aliphatic carbocycles. The number of hydrogen-bond donors (Lipinski definition) is 1. The van der Waals surface area contributed by atoms with E-state index >= 15 is 0 Å². The van der Waals surface area contributed by atoms with Crippen molar-refractivity contribution in [3.63, 3.8) is 0 Å². The molecule has 1 aromatic carbocycles. The average Bonchev–Trinajstić information content (AvgIpc) is 3.21. The van der Waals surface area contributed by atoms with Crippen molar-refractivity contribution in [3.05, 3.63) is 65.9 Å². The summed E-state index contributed by atoms with van der Waals surface area (Å²) >= 11 is 0. The molecule has 0 saturated heterocycles. The highest BCUT2D eigenvalue weighted by Gasteiger charge is 2.16.